The third-order valence-electron chi connectivity index (χ3n) is 5.25. The molecule has 1 nitrogen and oxygen atoms in total. The monoisotopic (exact) mass is 423 g/mol. The van der Waals surface area contributed by atoms with Crippen molar-refractivity contribution in [2.75, 3.05) is 12.7 Å². The summed E-state index contributed by atoms with van der Waals surface area (Å²) in [7, 11) is -0.393. The minimum Gasteiger partial charge on any atom is -0.292 e. The third kappa shape index (κ3) is 3.94. The second-order valence-corrected chi connectivity index (χ2v) is 10.6. The van der Waals surface area contributed by atoms with Crippen molar-refractivity contribution in [3.8, 4) is 0 Å². The summed E-state index contributed by atoms with van der Waals surface area (Å²) in [6, 6.07) is 36.9. The maximum Gasteiger partial charge on any atom is 0.0443 e. The van der Waals surface area contributed by atoms with Gasteiger partial charge in [-0.1, -0.05) is 97.1 Å². The number of hydrogen-bond acceptors (Lipinski definition) is 2. The molecule has 5 rings (SSSR count). The second kappa shape index (κ2) is 8.92. The van der Waals surface area contributed by atoms with Gasteiger partial charge in [-0.05, 0) is 30.8 Å². The molecule has 30 heavy (non-hydrogen) atoms. The molecule has 0 spiro atoms. The second-order valence-electron chi connectivity index (χ2n) is 7.18. The van der Waals surface area contributed by atoms with Crippen molar-refractivity contribution >= 4 is 56.3 Å². The van der Waals surface area contributed by atoms with Crippen LogP contribution >= 0.6 is 19.3 Å². The fourth-order valence-corrected chi connectivity index (χ4v) is 7.19. The van der Waals surface area contributed by atoms with Crippen LogP contribution in [0.1, 0.15) is 5.56 Å². The molecule has 3 heteroatoms. The van der Waals surface area contributed by atoms with Crippen LogP contribution in [-0.4, -0.2) is 18.9 Å². The van der Waals surface area contributed by atoms with Crippen molar-refractivity contribution < 1.29 is 0 Å². The highest BCUT2D eigenvalue weighted by atomic mass is 32.1. The summed E-state index contributed by atoms with van der Waals surface area (Å²) in [5.74, 6) is 0. The van der Waals surface area contributed by atoms with Gasteiger partial charge in [0, 0.05) is 38.5 Å². The quantitative estimate of drug-likeness (QED) is 0.215. The molecule has 1 aromatic heterocycles. The fourth-order valence-electron chi connectivity index (χ4n) is 3.81. The Hall–Kier alpha value is -2.80. The number of fused-ring (bicyclic) bond motifs is 3. The Labute approximate surface area is 182 Å². The van der Waals surface area contributed by atoms with E-state index < -0.39 is 7.92 Å². The largest absolute Gasteiger partial charge is 0.292 e. The Morgan fingerprint density at radius 2 is 1.30 bits per heavy atom. The molecule has 0 unspecified atom stereocenters. The molecule has 0 fully saturated rings. The van der Waals surface area contributed by atoms with Crippen LogP contribution in [0.25, 0.3) is 20.2 Å². The van der Waals surface area contributed by atoms with E-state index >= 15 is 0 Å². The number of benzene rings is 4. The molecule has 0 bridgehead atoms. The summed E-state index contributed by atoms with van der Waals surface area (Å²) in [4.78, 5) is 4.85. The van der Waals surface area contributed by atoms with Crippen molar-refractivity contribution in [1.82, 2.24) is 0 Å². The molecule has 0 saturated carbocycles. The average molecular weight is 424 g/mol. The molecule has 0 aliphatic carbocycles. The van der Waals surface area contributed by atoms with E-state index in [1.54, 1.807) is 0 Å². The summed E-state index contributed by atoms with van der Waals surface area (Å²) in [5.41, 5.74) is 1.22. The lowest BCUT2D eigenvalue weighted by atomic mass is 10.1. The third-order valence-corrected chi connectivity index (χ3v) is 8.98. The van der Waals surface area contributed by atoms with Crippen molar-refractivity contribution in [3.63, 3.8) is 0 Å². The van der Waals surface area contributed by atoms with Crippen LogP contribution < -0.4 is 10.6 Å². The van der Waals surface area contributed by atoms with Gasteiger partial charge in [0.05, 0.1) is 0 Å². The molecule has 1 heterocycles. The minimum absolute atomic E-state index is 0.393. The molecule has 0 N–H and O–H groups in total. The van der Waals surface area contributed by atoms with Crippen LogP contribution in [0.3, 0.4) is 0 Å². The summed E-state index contributed by atoms with van der Waals surface area (Å²) < 4.78 is 2.67. The normalized spacial score (nSPS) is 11.8. The van der Waals surface area contributed by atoms with Gasteiger partial charge >= 0.3 is 0 Å². The Morgan fingerprint density at radius 3 is 2.03 bits per heavy atom. The molecule has 0 aliphatic heterocycles. The van der Waals surface area contributed by atoms with Crippen LogP contribution in [-0.2, 0) is 0 Å². The van der Waals surface area contributed by atoms with Crippen molar-refractivity contribution in [1.29, 1.82) is 0 Å². The zero-order chi connectivity index (χ0) is 20.2. The highest BCUT2D eigenvalue weighted by molar-refractivity contribution is 7.73. The number of nitrogens with zero attached hydrogens (tertiary/aromatic N) is 1. The summed E-state index contributed by atoms with van der Waals surface area (Å²) >= 11 is 1.86. The van der Waals surface area contributed by atoms with Gasteiger partial charge in [-0.2, -0.15) is 0 Å². The van der Waals surface area contributed by atoms with E-state index in [0.29, 0.717) is 0 Å². The first-order valence-corrected chi connectivity index (χ1v) is 12.5. The van der Waals surface area contributed by atoms with Gasteiger partial charge in [-0.3, -0.25) is 4.99 Å². The first-order valence-electron chi connectivity index (χ1n) is 10.2. The summed E-state index contributed by atoms with van der Waals surface area (Å²) in [6.45, 7) is 0.830. The molecular weight excluding hydrogens is 401 g/mol. The Balaban J connectivity index is 1.39. The van der Waals surface area contributed by atoms with Crippen molar-refractivity contribution in [2.24, 2.45) is 4.99 Å². The zero-order valence-electron chi connectivity index (χ0n) is 16.6. The molecule has 146 valence electrons. The Morgan fingerprint density at radius 1 is 0.667 bits per heavy atom. The zero-order valence-corrected chi connectivity index (χ0v) is 18.3. The predicted molar refractivity (Wildman–Crippen MR) is 136 cm³/mol. The van der Waals surface area contributed by atoms with E-state index in [0.717, 1.165) is 12.7 Å². The van der Waals surface area contributed by atoms with Crippen LogP contribution in [0.4, 0.5) is 0 Å². The van der Waals surface area contributed by atoms with Crippen LogP contribution in [0.15, 0.2) is 108 Å². The molecule has 0 radical (unpaired) electrons. The fraction of sp³-hybridized carbons (Fsp3) is 0.0741. The molecule has 5 aromatic rings. The van der Waals surface area contributed by atoms with E-state index in [2.05, 4.69) is 109 Å². The lowest BCUT2D eigenvalue weighted by Gasteiger charge is -2.17. The van der Waals surface area contributed by atoms with Crippen LogP contribution in [0, 0.1) is 0 Å². The highest BCUT2D eigenvalue weighted by Crippen LogP contribution is 2.35. The predicted octanol–water partition coefficient (Wildman–Crippen LogP) is 6.61. The van der Waals surface area contributed by atoms with E-state index in [1.807, 2.05) is 11.3 Å². The van der Waals surface area contributed by atoms with Gasteiger partial charge in [-0.25, -0.2) is 0 Å². The number of aliphatic imine (C=N–C) groups is 1. The van der Waals surface area contributed by atoms with Crippen molar-refractivity contribution in [3.05, 3.63) is 109 Å². The molecule has 4 aromatic carbocycles. The number of thiophene rings is 1. The van der Waals surface area contributed by atoms with Gasteiger partial charge in [0.15, 0.2) is 0 Å². The molecule has 0 amide bonds. The van der Waals surface area contributed by atoms with E-state index in [1.165, 1.54) is 36.3 Å². The van der Waals surface area contributed by atoms with E-state index in [9.17, 15) is 0 Å². The van der Waals surface area contributed by atoms with Gasteiger partial charge < -0.3 is 0 Å². The first-order chi connectivity index (χ1) is 14.9. The van der Waals surface area contributed by atoms with Gasteiger partial charge in [0.1, 0.15) is 0 Å². The van der Waals surface area contributed by atoms with E-state index in [4.69, 9.17) is 4.99 Å². The number of rotatable bonds is 6. The van der Waals surface area contributed by atoms with Gasteiger partial charge in [0.2, 0.25) is 0 Å². The SMILES string of the molecule is C(=NCCP(c1ccccc1)c1ccccc1)c1cccc2c1sc1ccccc12. The first kappa shape index (κ1) is 19.2. The molecule has 0 atom stereocenters. The Kier molecular flexibility index (Phi) is 5.70. The average Bonchev–Trinajstić information content (AvgIpc) is 3.20. The molecule has 0 saturated heterocycles. The van der Waals surface area contributed by atoms with Crippen LogP contribution in [0.2, 0.25) is 0 Å². The summed E-state index contributed by atoms with van der Waals surface area (Å²) in [6.07, 6.45) is 3.13. The standard InChI is InChI=1S/C27H22NPS/c1-3-11-22(12-4-1)29(23-13-5-2-6-14-23)19-18-28-20-21-10-9-16-25-24-15-7-8-17-26(24)30-27(21)25/h1-17,20H,18-19H2. The topological polar surface area (TPSA) is 12.4 Å². The van der Waals surface area contributed by atoms with Gasteiger partial charge in [-0.15, -0.1) is 11.3 Å². The van der Waals surface area contributed by atoms with Crippen LogP contribution in [0.5, 0.6) is 0 Å². The minimum atomic E-state index is -0.393. The van der Waals surface area contributed by atoms with Crippen molar-refractivity contribution in [2.45, 2.75) is 0 Å². The van der Waals surface area contributed by atoms with E-state index in [-0.39, 0.29) is 0 Å². The highest BCUT2D eigenvalue weighted by Gasteiger charge is 2.12. The summed E-state index contributed by atoms with van der Waals surface area (Å²) in [5, 5.41) is 5.50. The maximum atomic E-state index is 4.85. The molecule has 0 aliphatic rings. The van der Waals surface area contributed by atoms with Gasteiger partial charge in [0.25, 0.3) is 0 Å². The smallest absolute Gasteiger partial charge is 0.0443 e. The Bertz CT molecular complexity index is 1250. The molecular formula is C27H22NPS. The number of hydrogen-bond donors (Lipinski definition) is 0. The maximum absolute atomic E-state index is 4.85. The lowest BCUT2D eigenvalue weighted by Crippen LogP contribution is -2.15. The lowest BCUT2D eigenvalue weighted by molar-refractivity contribution is 1.15.